The third kappa shape index (κ3) is 15.7. The van der Waals surface area contributed by atoms with E-state index in [1.54, 1.807) is 24.3 Å². The summed E-state index contributed by atoms with van der Waals surface area (Å²) in [6.07, 6.45) is 19.6. The molecule has 0 spiro atoms. The van der Waals surface area contributed by atoms with E-state index in [0.717, 1.165) is 171 Å². The van der Waals surface area contributed by atoms with Crippen molar-refractivity contribution in [3.63, 3.8) is 0 Å². The van der Waals surface area contributed by atoms with E-state index in [-0.39, 0.29) is 68.5 Å². The summed E-state index contributed by atoms with van der Waals surface area (Å²) in [6.45, 7) is 13.9. The second-order valence-corrected chi connectivity index (χ2v) is 31.7. The Kier molecular flexibility index (Phi) is 22.3. The number of piperidine rings is 2. The third-order valence-electron chi connectivity index (χ3n) is 22.3. The first-order valence-corrected chi connectivity index (χ1v) is 39.6. The van der Waals surface area contributed by atoms with Crippen LogP contribution in [0.3, 0.4) is 0 Å². The second kappa shape index (κ2) is 31.8. The van der Waals surface area contributed by atoms with Gasteiger partial charge in [0.1, 0.15) is 0 Å². The van der Waals surface area contributed by atoms with E-state index >= 15 is 0 Å². The number of aliphatic carboxylic acids is 1. The molecule has 0 bridgehead atoms. The largest absolute Gasteiger partial charge is 0.478 e. The molecule has 23 nitrogen and oxygen atoms in total. The number of fused-ring (bicyclic) bond motifs is 10. The standard InChI is InChI=1S/C38H47N5O6S.C29H31N3O6S.C9H18N2O/c44-37(39-50(46,47)42-18-22-49-23-19-42)29-10-11-33-34(25-29)43-26-30(38(45)41-14-12-31(13-15-41)40-16-20-48-21-17-40)24-28-8-4-5-9-32(28)36(43)35(33)27-6-2-1-3-7-27;33-28(30-39(36,37)31-12-14-38-15-13-31)21-10-11-24-25(17-21)32-18-22(29(34)35)16-20-8-4-5-9-23(20)27(32)26(24)19-6-2-1-3-7-19;1-3-10-4-2-9(1)11-5-7-12-8-6-11/h4-5,8-11,24-25,27,31H,1-3,6-7,12-23,26H2,(H,39,44);4-5,8-11,16-17,19H,1-3,6-7,12-15,18H2,(H,30,33)(H,34,35);9-10H,1-8H2. The Hall–Kier alpha value is -7.14. The van der Waals surface area contributed by atoms with Crippen molar-refractivity contribution >= 4 is 78.1 Å². The van der Waals surface area contributed by atoms with Crippen molar-refractivity contribution in [3.8, 4) is 22.5 Å². The van der Waals surface area contributed by atoms with Gasteiger partial charge in [0.2, 0.25) is 0 Å². The number of carboxylic acid groups (broad SMARTS) is 1. The first-order valence-electron chi connectivity index (χ1n) is 36.8. The molecule has 4 aromatic carbocycles. The maximum absolute atomic E-state index is 14.4. The van der Waals surface area contributed by atoms with Crippen LogP contribution in [-0.4, -0.2) is 222 Å². The van der Waals surface area contributed by atoms with E-state index in [4.69, 9.17) is 18.9 Å². The van der Waals surface area contributed by atoms with Crippen molar-refractivity contribution in [1.82, 2.24) is 47.2 Å². The predicted octanol–water partition coefficient (Wildman–Crippen LogP) is 8.60. The summed E-state index contributed by atoms with van der Waals surface area (Å²) in [4.78, 5) is 60.5. The number of likely N-dealkylation sites (tertiary alicyclic amines) is 1. The molecule has 16 rings (SSSR count). The van der Waals surface area contributed by atoms with Crippen LogP contribution in [0.5, 0.6) is 0 Å². The Bertz CT molecular complexity index is 4290. The molecule has 6 aromatic rings. The van der Waals surface area contributed by atoms with Gasteiger partial charge in [0.25, 0.3) is 17.7 Å². The van der Waals surface area contributed by atoms with Crippen LogP contribution in [0, 0.1) is 0 Å². The number of carbonyl (C=O) groups excluding carboxylic acids is 3. The van der Waals surface area contributed by atoms with Crippen LogP contribution in [0.25, 0.3) is 56.5 Å². The Labute approximate surface area is 592 Å². The van der Waals surface area contributed by atoms with Gasteiger partial charge in [-0.25, -0.2) is 14.2 Å². The molecular formula is C76H96N10O13S2. The summed E-state index contributed by atoms with van der Waals surface area (Å²) in [7, 11) is -8.04. The van der Waals surface area contributed by atoms with E-state index in [1.165, 1.54) is 71.4 Å². The average molecular weight is 1420 g/mol. The van der Waals surface area contributed by atoms with Crippen molar-refractivity contribution in [2.45, 2.75) is 127 Å². The van der Waals surface area contributed by atoms with Gasteiger partial charge in [-0.3, -0.25) is 24.2 Å². The molecular weight excluding hydrogens is 1330 g/mol. The first-order chi connectivity index (χ1) is 49.2. The number of benzene rings is 4. The van der Waals surface area contributed by atoms with Gasteiger partial charge in [0.05, 0.1) is 82.9 Å². The topological polar surface area (TPSA) is 256 Å². The summed E-state index contributed by atoms with van der Waals surface area (Å²) >= 11 is 0. The van der Waals surface area contributed by atoms with Crippen molar-refractivity contribution in [3.05, 3.63) is 129 Å². The van der Waals surface area contributed by atoms with Gasteiger partial charge >= 0.3 is 26.4 Å². The van der Waals surface area contributed by atoms with Crippen LogP contribution in [-0.2, 0) is 62.0 Å². The zero-order valence-electron chi connectivity index (χ0n) is 57.8. The minimum absolute atomic E-state index is 0.0552. The van der Waals surface area contributed by atoms with Gasteiger partial charge in [-0.2, -0.15) is 25.4 Å². The van der Waals surface area contributed by atoms with Crippen LogP contribution in [0.15, 0.2) is 96.1 Å². The number of hydrogen-bond donors (Lipinski definition) is 4. The molecule has 0 atom stereocenters. The molecule has 25 heteroatoms. The molecule has 101 heavy (non-hydrogen) atoms. The Morgan fingerprint density at radius 3 is 1.29 bits per heavy atom. The highest BCUT2D eigenvalue weighted by molar-refractivity contribution is 7.88. The Morgan fingerprint density at radius 2 is 0.851 bits per heavy atom. The van der Waals surface area contributed by atoms with Crippen molar-refractivity contribution in [2.75, 3.05) is 131 Å². The Balaban J connectivity index is 0.000000150. The molecule has 540 valence electrons. The lowest BCUT2D eigenvalue weighted by Gasteiger charge is -2.40. The zero-order valence-corrected chi connectivity index (χ0v) is 59.4. The van der Waals surface area contributed by atoms with E-state index in [1.807, 2.05) is 58.0 Å². The third-order valence-corrected chi connectivity index (χ3v) is 25.3. The maximum Gasteiger partial charge on any atom is 0.333 e. The van der Waals surface area contributed by atoms with Crippen LogP contribution < -0.4 is 14.8 Å². The molecule has 10 heterocycles. The van der Waals surface area contributed by atoms with Gasteiger partial charge in [-0.1, -0.05) is 99.2 Å². The lowest BCUT2D eigenvalue weighted by Crippen LogP contribution is -2.50. The number of hydrogen-bond acceptors (Lipinski definition) is 15. The smallest absolute Gasteiger partial charge is 0.333 e. The Morgan fingerprint density at radius 1 is 0.455 bits per heavy atom. The van der Waals surface area contributed by atoms with Crippen molar-refractivity contribution in [1.29, 1.82) is 0 Å². The van der Waals surface area contributed by atoms with E-state index in [2.05, 4.69) is 53.4 Å². The second-order valence-electron chi connectivity index (χ2n) is 28.3. The zero-order chi connectivity index (χ0) is 69.6. The number of ether oxygens (including phenoxy) is 4. The van der Waals surface area contributed by atoms with Gasteiger partial charge in [0, 0.05) is 127 Å². The van der Waals surface area contributed by atoms with Gasteiger partial charge in [-0.05, 0) is 135 Å². The van der Waals surface area contributed by atoms with Gasteiger partial charge in [0.15, 0.2) is 0 Å². The predicted molar refractivity (Wildman–Crippen MR) is 388 cm³/mol. The molecule has 8 aliphatic heterocycles. The highest BCUT2D eigenvalue weighted by Gasteiger charge is 2.37. The number of nitrogens with one attached hydrogen (secondary N) is 3. The molecule has 2 aliphatic carbocycles. The first kappa shape index (κ1) is 70.9. The molecule has 0 radical (unpaired) electrons. The summed E-state index contributed by atoms with van der Waals surface area (Å²) in [5.74, 6) is -1.66. The SMILES string of the molecule is C1CC(N2CCOCC2)CCN1.O=C(NS(=O)(=O)N1CCOCC1)c1ccc2c(C3CCCCC3)c3n(c2c1)CC(C(=O)N1CCC(N2CCOCC2)CC1)=Cc1ccccc1-3.O=C(O)C1=Cc2ccccc2-c2c(C3CCCCC3)c3ccc(C(=O)NS(=O)(=O)N4CCOCC4)cc3n2C1. The monoisotopic (exact) mass is 1420 g/mol. The fourth-order valence-electron chi connectivity index (χ4n) is 17.0. The summed E-state index contributed by atoms with van der Waals surface area (Å²) in [5.41, 5.74) is 11.5. The number of carbonyl (C=O) groups is 4. The molecule has 8 fully saturated rings. The molecule has 6 saturated heterocycles. The number of morpholine rings is 4. The number of nitrogens with zero attached hydrogens (tertiary/aromatic N) is 7. The highest BCUT2D eigenvalue weighted by Crippen LogP contribution is 2.49. The van der Waals surface area contributed by atoms with Gasteiger partial charge in [-0.15, -0.1) is 0 Å². The minimum Gasteiger partial charge on any atom is -0.478 e. The van der Waals surface area contributed by atoms with Crippen LogP contribution >= 0.6 is 0 Å². The summed E-state index contributed by atoms with van der Waals surface area (Å²) in [5, 5.41) is 15.4. The van der Waals surface area contributed by atoms with E-state index in [0.29, 0.717) is 50.7 Å². The molecule has 2 aromatic heterocycles. The fourth-order valence-corrected chi connectivity index (χ4v) is 19.3. The van der Waals surface area contributed by atoms with Crippen molar-refractivity contribution in [2.24, 2.45) is 0 Å². The maximum atomic E-state index is 14.4. The lowest BCUT2D eigenvalue weighted by molar-refractivity contribution is -0.133. The van der Waals surface area contributed by atoms with Crippen LogP contribution in [0.2, 0.25) is 0 Å². The molecule has 0 unspecified atom stereocenters. The van der Waals surface area contributed by atoms with E-state index in [9.17, 15) is 41.1 Å². The number of rotatable bonds is 12. The highest BCUT2D eigenvalue weighted by atomic mass is 32.2. The fraction of sp³-hybridized carbons (Fsp3) is 0.526. The molecule has 3 amide bonds. The number of amides is 3. The van der Waals surface area contributed by atoms with Crippen LogP contribution in [0.4, 0.5) is 0 Å². The summed E-state index contributed by atoms with van der Waals surface area (Å²) < 4.78 is 84.5. The van der Waals surface area contributed by atoms with Crippen LogP contribution in [0.1, 0.15) is 145 Å². The van der Waals surface area contributed by atoms with E-state index < -0.39 is 38.2 Å². The molecule has 4 N–H and O–H groups in total. The lowest BCUT2D eigenvalue weighted by atomic mass is 9.81. The molecule has 10 aliphatic rings. The van der Waals surface area contributed by atoms with Gasteiger partial charge < -0.3 is 43.4 Å². The molecule has 2 saturated carbocycles. The quantitative estimate of drug-likeness (QED) is 0.0894. The average Bonchev–Trinajstić information content (AvgIpc) is 1.58. The normalized spacial score (nSPS) is 21.4. The summed E-state index contributed by atoms with van der Waals surface area (Å²) in [6, 6.07) is 28.3. The number of carboxylic acids is 1. The number of aromatic nitrogens is 2. The van der Waals surface area contributed by atoms with Crippen molar-refractivity contribution < 1.29 is 60.1 Å². The minimum atomic E-state index is -4.02.